The number of hydrogen-bond acceptors (Lipinski definition) is 4. The van der Waals surface area contributed by atoms with E-state index < -0.39 is 0 Å². The van der Waals surface area contributed by atoms with Crippen LogP contribution in [0.15, 0.2) is 18.2 Å². The quantitative estimate of drug-likeness (QED) is 0.793. The molecule has 4 heteroatoms. The SMILES string of the molecule is Cc1cccc(CN)c1OCC(=O)OC(C)C. The van der Waals surface area contributed by atoms with Gasteiger partial charge < -0.3 is 15.2 Å². The van der Waals surface area contributed by atoms with Crippen molar-refractivity contribution < 1.29 is 14.3 Å². The molecule has 0 heterocycles. The van der Waals surface area contributed by atoms with E-state index in [-0.39, 0.29) is 18.7 Å². The topological polar surface area (TPSA) is 61.5 Å². The Balaban J connectivity index is 2.65. The zero-order valence-corrected chi connectivity index (χ0v) is 10.5. The summed E-state index contributed by atoms with van der Waals surface area (Å²) in [6.07, 6.45) is -0.128. The lowest BCUT2D eigenvalue weighted by Crippen LogP contribution is -2.19. The van der Waals surface area contributed by atoms with E-state index in [1.807, 2.05) is 25.1 Å². The normalized spacial score (nSPS) is 10.4. The Morgan fingerprint density at radius 2 is 2.12 bits per heavy atom. The minimum atomic E-state index is -0.369. The fraction of sp³-hybridized carbons (Fsp3) is 0.462. The smallest absolute Gasteiger partial charge is 0.344 e. The molecule has 17 heavy (non-hydrogen) atoms. The van der Waals surface area contributed by atoms with Crippen LogP contribution in [0.3, 0.4) is 0 Å². The molecule has 1 aromatic carbocycles. The molecule has 0 aliphatic carbocycles. The number of aryl methyl sites for hydroxylation is 1. The number of rotatable bonds is 5. The third-order valence-electron chi connectivity index (χ3n) is 2.21. The number of benzene rings is 1. The van der Waals surface area contributed by atoms with Crippen LogP contribution in [0.2, 0.25) is 0 Å². The molecule has 0 saturated carbocycles. The summed E-state index contributed by atoms with van der Waals surface area (Å²) in [6.45, 7) is 5.82. The zero-order valence-electron chi connectivity index (χ0n) is 10.5. The van der Waals surface area contributed by atoms with Gasteiger partial charge in [-0.25, -0.2) is 4.79 Å². The lowest BCUT2D eigenvalue weighted by atomic mass is 10.1. The van der Waals surface area contributed by atoms with Gasteiger partial charge in [0.1, 0.15) is 5.75 Å². The van der Waals surface area contributed by atoms with Crippen molar-refractivity contribution in [2.75, 3.05) is 6.61 Å². The monoisotopic (exact) mass is 237 g/mol. The van der Waals surface area contributed by atoms with Crippen LogP contribution in [-0.2, 0) is 16.1 Å². The Hall–Kier alpha value is -1.55. The van der Waals surface area contributed by atoms with Crippen molar-refractivity contribution in [3.63, 3.8) is 0 Å². The van der Waals surface area contributed by atoms with Crippen molar-refractivity contribution in [1.82, 2.24) is 0 Å². The third-order valence-corrected chi connectivity index (χ3v) is 2.21. The molecule has 1 rings (SSSR count). The van der Waals surface area contributed by atoms with E-state index in [0.29, 0.717) is 12.3 Å². The average molecular weight is 237 g/mol. The lowest BCUT2D eigenvalue weighted by Gasteiger charge is -2.13. The minimum Gasteiger partial charge on any atom is -0.481 e. The number of ether oxygens (including phenoxy) is 2. The number of carbonyl (C=O) groups is 1. The van der Waals surface area contributed by atoms with E-state index >= 15 is 0 Å². The Morgan fingerprint density at radius 3 is 2.71 bits per heavy atom. The molecule has 0 aliphatic heterocycles. The van der Waals surface area contributed by atoms with Gasteiger partial charge in [0.2, 0.25) is 0 Å². The van der Waals surface area contributed by atoms with Crippen LogP contribution in [0, 0.1) is 6.92 Å². The van der Waals surface area contributed by atoms with E-state index in [9.17, 15) is 4.79 Å². The van der Waals surface area contributed by atoms with Crippen LogP contribution in [0.5, 0.6) is 5.75 Å². The molecule has 0 saturated heterocycles. The molecule has 0 aliphatic rings. The molecule has 0 amide bonds. The van der Waals surface area contributed by atoms with E-state index in [1.54, 1.807) is 13.8 Å². The Bertz CT molecular complexity index is 388. The molecule has 0 aromatic heterocycles. The summed E-state index contributed by atoms with van der Waals surface area (Å²) < 4.78 is 10.5. The Kier molecular flexibility index (Phi) is 4.97. The summed E-state index contributed by atoms with van der Waals surface area (Å²) in [4.78, 5) is 11.4. The Morgan fingerprint density at radius 1 is 1.41 bits per heavy atom. The highest BCUT2D eigenvalue weighted by Crippen LogP contribution is 2.22. The summed E-state index contributed by atoms with van der Waals surface area (Å²) >= 11 is 0. The standard InChI is InChI=1S/C13H19NO3/c1-9(2)17-12(15)8-16-13-10(3)5-4-6-11(13)7-14/h4-6,9H,7-8,14H2,1-3H3. The largest absolute Gasteiger partial charge is 0.481 e. The van der Waals surface area contributed by atoms with Crippen LogP contribution >= 0.6 is 0 Å². The van der Waals surface area contributed by atoms with E-state index in [0.717, 1.165) is 11.1 Å². The number of carbonyl (C=O) groups excluding carboxylic acids is 1. The molecule has 0 spiro atoms. The molecular weight excluding hydrogens is 218 g/mol. The van der Waals surface area contributed by atoms with Crippen molar-refractivity contribution >= 4 is 5.97 Å². The number of para-hydroxylation sites is 1. The van der Waals surface area contributed by atoms with Crippen LogP contribution in [0.25, 0.3) is 0 Å². The molecule has 1 aromatic rings. The highest BCUT2D eigenvalue weighted by Gasteiger charge is 2.10. The third kappa shape index (κ3) is 4.07. The number of esters is 1. The van der Waals surface area contributed by atoms with Crippen LogP contribution in [0.1, 0.15) is 25.0 Å². The molecule has 0 radical (unpaired) electrons. The molecule has 2 N–H and O–H groups in total. The summed E-state index contributed by atoms with van der Waals surface area (Å²) in [7, 11) is 0. The van der Waals surface area contributed by atoms with Gasteiger partial charge in [0.25, 0.3) is 0 Å². The second kappa shape index (κ2) is 6.25. The Labute approximate surface area is 102 Å². The summed E-state index contributed by atoms with van der Waals surface area (Å²) in [5, 5.41) is 0. The molecule has 0 fully saturated rings. The van der Waals surface area contributed by atoms with Gasteiger partial charge in [-0.1, -0.05) is 18.2 Å². The van der Waals surface area contributed by atoms with Crippen molar-refractivity contribution in [2.45, 2.75) is 33.4 Å². The van der Waals surface area contributed by atoms with E-state index in [2.05, 4.69) is 0 Å². The molecular formula is C13H19NO3. The van der Waals surface area contributed by atoms with Crippen LogP contribution in [-0.4, -0.2) is 18.7 Å². The lowest BCUT2D eigenvalue weighted by molar-refractivity contribution is -0.149. The first-order chi connectivity index (χ1) is 8.04. The molecule has 94 valence electrons. The molecule has 0 unspecified atom stereocenters. The van der Waals surface area contributed by atoms with Crippen LogP contribution < -0.4 is 10.5 Å². The minimum absolute atomic E-state index is 0.0873. The first-order valence-electron chi connectivity index (χ1n) is 5.65. The fourth-order valence-corrected chi connectivity index (χ4v) is 1.51. The van der Waals surface area contributed by atoms with Crippen LogP contribution in [0.4, 0.5) is 0 Å². The van der Waals surface area contributed by atoms with Gasteiger partial charge in [-0.15, -0.1) is 0 Å². The average Bonchev–Trinajstić information content (AvgIpc) is 2.26. The van der Waals surface area contributed by atoms with Gasteiger partial charge in [0.15, 0.2) is 6.61 Å². The molecule has 0 bridgehead atoms. The summed E-state index contributed by atoms with van der Waals surface area (Å²) in [6, 6.07) is 5.72. The first kappa shape index (κ1) is 13.5. The van der Waals surface area contributed by atoms with Crippen molar-refractivity contribution in [3.05, 3.63) is 29.3 Å². The first-order valence-corrected chi connectivity index (χ1v) is 5.65. The van der Waals surface area contributed by atoms with Gasteiger partial charge in [0, 0.05) is 12.1 Å². The van der Waals surface area contributed by atoms with Gasteiger partial charge >= 0.3 is 5.97 Å². The van der Waals surface area contributed by atoms with Gasteiger partial charge in [-0.3, -0.25) is 0 Å². The van der Waals surface area contributed by atoms with Gasteiger partial charge in [-0.05, 0) is 26.3 Å². The maximum Gasteiger partial charge on any atom is 0.344 e. The molecule has 4 nitrogen and oxygen atoms in total. The van der Waals surface area contributed by atoms with E-state index in [1.165, 1.54) is 0 Å². The summed E-state index contributed by atoms with van der Waals surface area (Å²) in [5.41, 5.74) is 7.46. The van der Waals surface area contributed by atoms with Crippen molar-refractivity contribution in [2.24, 2.45) is 5.73 Å². The number of nitrogens with two attached hydrogens (primary N) is 1. The van der Waals surface area contributed by atoms with Crippen molar-refractivity contribution in [1.29, 1.82) is 0 Å². The number of hydrogen-bond donors (Lipinski definition) is 1. The van der Waals surface area contributed by atoms with Gasteiger partial charge in [0.05, 0.1) is 6.10 Å². The maximum atomic E-state index is 11.4. The zero-order chi connectivity index (χ0) is 12.8. The second-order valence-electron chi connectivity index (χ2n) is 4.09. The maximum absolute atomic E-state index is 11.4. The van der Waals surface area contributed by atoms with Gasteiger partial charge in [-0.2, -0.15) is 0 Å². The van der Waals surface area contributed by atoms with Crippen molar-refractivity contribution in [3.8, 4) is 5.75 Å². The highest BCUT2D eigenvalue weighted by molar-refractivity contribution is 5.71. The highest BCUT2D eigenvalue weighted by atomic mass is 16.6. The second-order valence-corrected chi connectivity index (χ2v) is 4.09. The predicted octanol–water partition coefficient (Wildman–Crippen LogP) is 1.78. The van der Waals surface area contributed by atoms with E-state index in [4.69, 9.17) is 15.2 Å². The predicted molar refractivity (Wildman–Crippen MR) is 65.8 cm³/mol. The fourth-order valence-electron chi connectivity index (χ4n) is 1.51. The summed E-state index contributed by atoms with van der Waals surface area (Å²) in [5.74, 6) is 0.307. The molecule has 0 atom stereocenters.